The standard InChI is InChI=1S/C17H17ClFN3O4/c1-2-22-7-11(6-16(22)23)20-17(24)13-8-26-15(21-13)9-25-14-4-3-10(19)5-12(14)18/h3-5,8,11H,2,6-7,9H2,1H3,(H,20,24). The van der Waals surface area contributed by atoms with Crippen molar-refractivity contribution in [1.29, 1.82) is 0 Å². The summed E-state index contributed by atoms with van der Waals surface area (Å²) in [5.74, 6) is -0.419. The summed E-state index contributed by atoms with van der Waals surface area (Å²) in [6.45, 7) is 2.92. The number of ether oxygens (including phenoxy) is 1. The van der Waals surface area contributed by atoms with Crippen LogP contribution in [0.5, 0.6) is 5.75 Å². The van der Waals surface area contributed by atoms with Crippen LogP contribution in [0.25, 0.3) is 0 Å². The molecule has 3 rings (SSSR count). The van der Waals surface area contributed by atoms with Crippen molar-refractivity contribution in [2.24, 2.45) is 0 Å². The molecule has 1 N–H and O–H groups in total. The Labute approximate surface area is 154 Å². The number of likely N-dealkylation sites (tertiary alicyclic amines) is 1. The molecule has 0 saturated carbocycles. The van der Waals surface area contributed by atoms with E-state index in [9.17, 15) is 14.0 Å². The molecule has 1 fully saturated rings. The van der Waals surface area contributed by atoms with Crippen LogP contribution in [-0.2, 0) is 11.4 Å². The van der Waals surface area contributed by atoms with E-state index in [4.69, 9.17) is 20.8 Å². The first kappa shape index (κ1) is 18.2. The predicted molar refractivity (Wildman–Crippen MR) is 90.4 cm³/mol. The predicted octanol–water partition coefficient (Wildman–Crippen LogP) is 2.40. The summed E-state index contributed by atoms with van der Waals surface area (Å²) >= 11 is 5.87. The molecule has 2 aromatic rings. The fraction of sp³-hybridized carbons (Fsp3) is 0.353. The third-order valence-corrected chi connectivity index (χ3v) is 4.26. The van der Waals surface area contributed by atoms with Crippen LogP contribution in [0.2, 0.25) is 5.02 Å². The van der Waals surface area contributed by atoms with E-state index >= 15 is 0 Å². The Hall–Kier alpha value is -2.61. The van der Waals surface area contributed by atoms with Crippen molar-refractivity contribution in [3.8, 4) is 5.75 Å². The summed E-state index contributed by atoms with van der Waals surface area (Å²) in [7, 11) is 0. The molecular weight excluding hydrogens is 365 g/mol. The van der Waals surface area contributed by atoms with Crippen molar-refractivity contribution in [3.05, 3.63) is 46.9 Å². The number of oxazole rings is 1. The van der Waals surface area contributed by atoms with Crippen LogP contribution in [0, 0.1) is 5.82 Å². The number of halogens is 2. The molecule has 0 radical (unpaired) electrons. The summed E-state index contributed by atoms with van der Waals surface area (Å²) < 4.78 is 23.6. The number of hydrogen-bond donors (Lipinski definition) is 1. The van der Waals surface area contributed by atoms with E-state index in [1.807, 2.05) is 6.92 Å². The lowest BCUT2D eigenvalue weighted by atomic mass is 10.2. The average Bonchev–Trinajstić information content (AvgIpc) is 3.20. The number of amides is 2. The van der Waals surface area contributed by atoms with Crippen molar-refractivity contribution < 1.29 is 23.1 Å². The molecule has 9 heteroatoms. The zero-order valence-corrected chi connectivity index (χ0v) is 14.8. The van der Waals surface area contributed by atoms with E-state index in [1.54, 1.807) is 4.90 Å². The number of likely N-dealkylation sites (N-methyl/N-ethyl adjacent to an activating group) is 1. The Bertz CT molecular complexity index is 826. The lowest BCUT2D eigenvalue weighted by Gasteiger charge is -2.13. The van der Waals surface area contributed by atoms with E-state index in [0.29, 0.717) is 13.1 Å². The number of benzene rings is 1. The summed E-state index contributed by atoms with van der Waals surface area (Å²) in [4.78, 5) is 29.6. The molecule has 7 nitrogen and oxygen atoms in total. The number of hydrogen-bond acceptors (Lipinski definition) is 5. The van der Waals surface area contributed by atoms with Crippen LogP contribution in [0.1, 0.15) is 29.7 Å². The second-order valence-electron chi connectivity index (χ2n) is 5.80. The second-order valence-corrected chi connectivity index (χ2v) is 6.20. The zero-order chi connectivity index (χ0) is 18.7. The van der Waals surface area contributed by atoms with Gasteiger partial charge in [-0.1, -0.05) is 11.6 Å². The number of nitrogens with one attached hydrogen (secondary N) is 1. The molecule has 2 amide bonds. The van der Waals surface area contributed by atoms with Gasteiger partial charge in [-0.3, -0.25) is 9.59 Å². The van der Waals surface area contributed by atoms with E-state index in [1.165, 1.54) is 18.4 Å². The van der Waals surface area contributed by atoms with E-state index in [0.717, 1.165) is 6.07 Å². The highest BCUT2D eigenvalue weighted by molar-refractivity contribution is 6.32. The first-order valence-electron chi connectivity index (χ1n) is 8.07. The van der Waals surface area contributed by atoms with E-state index in [-0.39, 0.29) is 47.3 Å². The lowest BCUT2D eigenvalue weighted by molar-refractivity contribution is -0.127. The molecule has 0 aliphatic carbocycles. The topological polar surface area (TPSA) is 84.7 Å². The van der Waals surface area contributed by atoms with E-state index in [2.05, 4.69) is 10.3 Å². The lowest BCUT2D eigenvalue weighted by Crippen LogP contribution is -2.37. The third kappa shape index (κ3) is 4.13. The molecule has 1 aliphatic heterocycles. The smallest absolute Gasteiger partial charge is 0.273 e. The molecule has 1 saturated heterocycles. The molecule has 1 atom stereocenters. The molecule has 0 spiro atoms. The maximum Gasteiger partial charge on any atom is 0.273 e. The molecule has 0 bridgehead atoms. The van der Waals surface area contributed by atoms with Gasteiger partial charge in [0.15, 0.2) is 12.3 Å². The van der Waals surface area contributed by atoms with Gasteiger partial charge in [0.25, 0.3) is 5.91 Å². The Kier molecular flexibility index (Phi) is 5.41. The van der Waals surface area contributed by atoms with Crippen LogP contribution in [0.4, 0.5) is 4.39 Å². The minimum Gasteiger partial charge on any atom is -0.482 e. The SMILES string of the molecule is CCN1CC(NC(=O)c2coc(COc3ccc(F)cc3Cl)n2)CC1=O. The molecule has 1 aromatic heterocycles. The second kappa shape index (κ2) is 7.74. The first-order valence-corrected chi connectivity index (χ1v) is 8.45. The molecule has 2 heterocycles. The molecular formula is C17H17ClFN3O4. The Morgan fingerprint density at radius 2 is 2.35 bits per heavy atom. The quantitative estimate of drug-likeness (QED) is 0.830. The van der Waals surface area contributed by atoms with Crippen molar-refractivity contribution in [2.45, 2.75) is 26.0 Å². The largest absolute Gasteiger partial charge is 0.482 e. The van der Waals surface area contributed by atoms with Crippen LogP contribution in [0.15, 0.2) is 28.9 Å². The summed E-state index contributed by atoms with van der Waals surface area (Å²) in [6, 6.07) is 3.50. The first-order chi connectivity index (χ1) is 12.5. The maximum atomic E-state index is 13.0. The Balaban J connectivity index is 1.55. The highest BCUT2D eigenvalue weighted by Crippen LogP contribution is 2.25. The number of carbonyl (C=O) groups is 2. The molecule has 26 heavy (non-hydrogen) atoms. The van der Waals surface area contributed by atoms with Gasteiger partial charge in [0.05, 0.1) is 11.1 Å². The van der Waals surface area contributed by atoms with Gasteiger partial charge in [0, 0.05) is 19.5 Å². The highest BCUT2D eigenvalue weighted by atomic mass is 35.5. The molecule has 1 aromatic carbocycles. The van der Waals surface area contributed by atoms with Gasteiger partial charge in [0.2, 0.25) is 11.8 Å². The number of rotatable bonds is 6. The van der Waals surface area contributed by atoms with Gasteiger partial charge < -0.3 is 19.4 Å². The van der Waals surface area contributed by atoms with Crippen LogP contribution < -0.4 is 10.1 Å². The summed E-state index contributed by atoms with van der Waals surface area (Å²) in [5, 5.41) is 2.89. The number of aromatic nitrogens is 1. The zero-order valence-electron chi connectivity index (χ0n) is 14.0. The van der Waals surface area contributed by atoms with Gasteiger partial charge in [-0.2, -0.15) is 0 Å². The van der Waals surface area contributed by atoms with Gasteiger partial charge in [-0.25, -0.2) is 9.37 Å². The normalized spacial score (nSPS) is 16.8. The van der Waals surface area contributed by atoms with Crippen LogP contribution in [0.3, 0.4) is 0 Å². The fourth-order valence-electron chi connectivity index (χ4n) is 2.65. The minimum atomic E-state index is -0.468. The highest BCUT2D eigenvalue weighted by Gasteiger charge is 2.30. The average molecular weight is 382 g/mol. The number of nitrogens with zero attached hydrogens (tertiary/aromatic N) is 2. The Morgan fingerprint density at radius 3 is 3.04 bits per heavy atom. The van der Waals surface area contributed by atoms with Crippen molar-refractivity contribution >= 4 is 23.4 Å². The van der Waals surface area contributed by atoms with Gasteiger partial charge in [-0.05, 0) is 25.1 Å². The minimum absolute atomic E-state index is 0.0169. The van der Waals surface area contributed by atoms with Crippen molar-refractivity contribution in [1.82, 2.24) is 15.2 Å². The van der Waals surface area contributed by atoms with Gasteiger partial charge >= 0.3 is 0 Å². The van der Waals surface area contributed by atoms with Crippen molar-refractivity contribution in [3.63, 3.8) is 0 Å². The summed E-state index contributed by atoms with van der Waals surface area (Å²) in [6.07, 6.45) is 1.49. The fourth-order valence-corrected chi connectivity index (χ4v) is 2.87. The van der Waals surface area contributed by atoms with Crippen LogP contribution >= 0.6 is 11.6 Å². The Morgan fingerprint density at radius 1 is 1.54 bits per heavy atom. The maximum absolute atomic E-state index is 13.0. The van der Waals surface area contributed by atoms with Gasteiger partial charge in [0.1, 0.15) is 17.8 Å². The monoisotopic (exact) mass is 381 g/mol. The van der Waals surface area contributed by atoms with Crippen LogP contribution in [-0.4, -0.2) is 40.8 Å². The molecule has 138 valence electrons. The van der Waals surface area contributed by atoms with Crippen molar-refractivity contribution in [2.75, 3.05) is 13.1 Å². The summed E-state index contributed by atoms with van der Waals surface area (Å²) in [5.41, 5.74) is 0.0937. The molecule has 1 unspecified atom stereocenters. The van der Waals surface area contributed by atoms with Gasteiger partial charge in [-0.15, -0.1) is 0 Å². The molecule has 1 aliphatic rings. The third-order valence-electron chi connectivity index (χ3n) is 3.96. The van der Waals surface area contributed by atoms with E-state index < -0.39 is 11.7 Å². The number of carbonyl (C=O) groups excluding carboxylic acids is 2.